The van der Waals surface area contributed by atoms with Crippen LogP contribution in [0, 0.1) is 9.39 Å². The van der Waals surface area contributed by atoms with Gasteiger partial charge in [0.25, 0.3) is 0 Å². The van der Waals surface area contributed by atoms with E-state index in [1.54, 1.807) is 13.2 Å². The summed E-state index contributed by atoms with van der Waals surface area (Å²) >= 11 is 5.30. The second kappa shape index (κ2) is 6.10. The Morgan fingerprint density at radius 2 is 2.11 bits per heavy atom. The number of rotatable bonds is 3. The molecule has 0 aliphatic carbocycles. The zero-order chi connectivity index (χ0) is 14.0. The quantitative estimate of drug-likeness (QED) is 0.748. The summed E-state index contributed by atoms with van der Waals surface area (Å²) in [5.74, 6) is 0.376. The lowest BCUT2D eigenvalue weighted by atomic mass is 10.2. The van der Waals surface area contributed by atoms with Gasteiger partial charge in [-0.25, -0.2) is 14.4 Å². The summed E-state index contributed by atoms with van der Waals surface area (Å²) in [5, 5.41) is 0. The molecule has 2 N–H and O–H groups in total. The van der Waals surface area contributed by atoms with Gasteiger partial charge in [0.2, 0.25) is 0 Å². The van der Waals surface area contributed by atoms with Gasteiger partial charge in [-0.3, -0.25) is 0 Å². The number of methoxy groups -OCH3 is 1. The molecule has 0 aliphatic rings. The fourth-order valence-corrected chi connectivity index (χ4v) is 2.42. The first-order valence-corrected chi connectivity index (χ1v) is 7.15. The molecule has 2 aromatic rings. The van der Waals surface area contributed by atoms with Gasteiger partial charge in [0.05, 0.1) is 15.9 Å². The Morgan fingerprint density at radius 3 is 2.74 bits per heavy atom. The highest BCUT2D eigenvalue weighted by molar-refractivity contribution is 14.1. The number of aromatic nitrogens is 2. The Kier molecular flexibility index (Phi) is 4.69. The largest absolute Gasteiger partial charge is 0.383 e. The van der Waals surface area contributed by atoms with E-state index in [0.717, 1.165) is 3.57 Å². The molecule has 0 saturated carbocycles. The van der Waals surface area contributed by atoms with Crippen LogP contribution in [-0.2, 0) is 11.3 Å². The molecular weight excluding hydrogens is 428 g/mol. The Balaban J connectivity index is 2.55. The number of halogens is 3. The third-order valence-corrected chi connectivity index (χ3v) is 3.98. The molecule has 0 aliphatic heterocycles. The molecule has 0 atom stereocenters. The number of nitrogens with two attached hydrogens (primary N) is 1. The van der Waals surface area contributed by atoms with Crippen LogP contribution in [0.3, 0.4) is 0 Å². The number of hydrogen-bond acceptors (Lipinski definition) is 4. The zero-order valence-corrected chi connectivity index (χ0v) is 13.7. The highest BCUT2D eigenvalue weighted by Gasteiger charge is 2.12. The predicted octanol–water partition coefficient (Wildman–Crippen LogP) is 3.38. The van der Waals surface area contributed by atoms with Crippen molar-refractivity contribution < 1.29 is 9.13 Å². The van der Waals surface area contributed by atoms with Crippen molar-refractivity contribution in [3.8, 4) is 11.4 Å². The van der Waals surface area contributed by atoms with Crippen LogP contribution in [-0.4, -0.2) is 17.1 Å². The summed E-state index contributed by atoms with van der Waals surface area (Å²) in [6, 6.07) is 4.47. The highest BCUT2D eigenvalue weighted by atomic mass is 127. The number of ether oxygens (including phenoxy) is 1. The van der Waals surface area contributed by atoms with Gasteiger partial charge >= 0.3 is 0 Å². The number of anilines is 1. The second-order valence-corrected chi connectivity index (χ2v) is 5.78. The second-order valence-electron chi connectivity index (χ2n) is 3.78. The number of hydrogen-bond donors (Lipinski definition) is 1. The molecule has 7 heteroatoms. The van der Waals surface area contributed by atoms with Crippen molar-refractivity contribution in [3.05, 3.63) is 37.8 Å². The van der Waals surface area contributed by atoms with Crippen molar-refractivity contribution in [2.75, 3.05) is 12.8 Å². The highest BCUT2D eigenvalue weighted by Crippen LogP contribution is 2.25. The summed E-state index contributed by atoms with van der Waals surface area (Å²) < 4.78 is 19.8. The molecule has 100 valence electrons. The SMILES string of the molecule is COCc1nc(-c2cc(F)cc(Br)c2)nc(N)c1I. The average Bonchev–Trinajstić information content (AvgIpc) is 2.33. The van der Waals surface area contributed by atoms with Crippen LogP contribution in [0.2, 0.25) is 0 Å². The number of nitrogen functional groups attached to an aromatic ring is 1. The molecule has 0 radical (unpaired) electrons. The standard InChI is InChI=1S/C12H10BrFIN3O/c1-19-5-9-10(15)11(16)18-12(17-9)6-2-7(13)4-8(14)3-6/h2-4H,5H2,1H3,(H2,16,17,18). The van der Waals surface area contributed by atoms with Crippen molar-refractivity contribution >= 4 is 44.3 Å². The van der Waals surface area contributed by atoms with Crippen LogP contribution < -0.4 is 5.73 Å². The summed E-state index contributed by atoms with van der Waals surface area (Å²) in [4.78, 5) is 8.55. The maximum atomic E-state index is 13.4. The van der Waals surface area contributed by atoms with Crippen LogP contribution in [0.25, 0.3) is 11.4 Å². The smallest absolute Gasteiger partial charge is 0.162 e. The van der Waals surface area contributed by atoms with E-state index in [0.29, 0.717) is 34.0 Å². The molecule has 0 spiro atoms. The molecule has 0 unspecified atom stereocenters. The zero-order valence-electron chi connectivity index (χ0n) is 9.95. The van der Waals surface area contributed by atoms with Crippen LogP contribution in [0.15, 0.2) is 22.7 Å². The lowest BCUT2D eigenvalue weighted by Gasteiger charge is -2.09. The predicted molar refractivity (Wildman–Crippen MR) is 83.0 cm³/mol. The maximum absolute atomic E-state index is 13.4. The minimum atomic E-state index is -0.363. The van der Waals surface area contributed by atoms with Crippen LogP contribution in [0.5, 0.6) is 0 Å². The van der Waals surface area contributed by atoms with Crippen LogP contribution in [0.1, 0.15) is 5.69 Å². The lowest BCUT2D eigenvalue weighted by molar-refractivity contribution is 0.181. The lowest BCUT2D eigenvalue weighted by Crippen LogP contribution is -2.06. The Morgan fingerprint density at radius 1 is 1.37 bits per heavy atom. The van der Waals surface area contributed by atoms with Crippen molar-refractivity contribution in [1.29, 1.82) is 0 Å². The monoisotopic (exact) mass is 437 g/mol. The van der Waals surface area contributed by atoms with E-state index in [1.165, 1.54) is 12.1 Å². The molecule has 0 bridgehead atoms. The normalized spacial score (nSPS) is 10.7. The van der Waals surface area contributed by atoms with Gasteiger partial charge in [0.1, 0.15) is 11.6 Å². The Hall–Kier alpha value is -0.800. The molecule has 0 fully saturated rings. The maximum Gasteiger partial charge on any atom is 0.162 e. The molecular formula is C12H10BrFIN3O. The van der Waals surface area contributed by atoms with Crippen LogP contribution in [0.4, 0.5) is 10.2 Å². The van der Waals surface area contributed by atoms with Gasteiger partial charge in [0.15, 0.2) is 5.82 Å². The third-order valence-electron chi connectivity index (χ3n) is 2.35. The van der Waals surface area contributed by atoms with Gasteiger partial charge in [-0.15, -0.1) is 0 Å². The first-order chi connectivity index (χ1) is 9.01. The van der Waals surface area contributed by atoms with Gasteiger partial charge in [0, 0.05) is 17.1 Å². The van der Waals surface area contributed by atoms with E-state index in [4.69, 9.17) is 10.5 Å². The van der Waals surface area contributed by atoms with E-state index < -0.39 is 0 Å². The first-order valence-electron chi connectivity index (χ1n) is 5.28. The Bertz CT molecular complexity index is 604. The first kappa shape index (κ1) is 14.6. The topological polar surface area (TPSA) is 61.0 Å². The van der Waals surface area contributed by atoms with Crippen molar-refractivity contribution in [2.45, 2.75) is 6.61 Å². The summed E-state index contributed by atoms with van der Waals surface area (Å²) in [6.07, 6.45) is 0. The van der Waals surface area contributed by atoms with E-state index in [-0.39, 0.29) is 5.82 Å². The van der Waals surface area contributed by atoms with Crippen molar-refractivity contribution in [1.82, 2.24) is 9.97 Å². The molecule has 4 nitrogen and oxygen atoms in total. The summed E-state index contributed by atoms with van der Waals surface area (Å²) in [6.45, 7) is 0.328. The van der Waals surface area contributed by atoms with Gasteiger partial charge in [-0.1, -0.05) is 15.9 Å². The van der Waals surface area contributed by atoms with E-state index in [1.807, 2.05) is 0 Å². The molecule has 0 amide bonds. The van der Waals surface area contributed by atoms with Gasteiger partial charge in [-0.05, 0) is 40.8 Å². The average molecular weight is 438 g/mol. The third kappa shape index (κ3) is 3.40. The van der Waals surface area contributed by atoms with E-state index >= 15 is 0 Å². The fraction of sp³-hybridized carbons (Fsp3) is 0.167. The van der Waals surface area contributed by atoms with Crippen molar-refractivity contribution in [2.24, 2.45) is 0 Å². The molecule has 2 rings (SSSR count). The van der Waals surface area contributed by atoms with Crippen molar-refractivity contribution in [3.63, 3.8) is 0 Å². The molecule has 1 heterocycles. The number of nitrogens with zero attached hydrogens (tertiary/aromatic N) is 2. The number of benzene rings is 1. The molecule has 1 aromatic carbocycles. The van der Waals surface area contributed by atoms with E-state index in [9.17, 15) is 4.39 Å². The molecule has 1 aromatic heterocycles. The van der Waals surface area contributed by atoms with Crippen LogP contribution >= 0.6 is 38.5 Å². The van der Waals surface area contributed by atoms with Gasteiger partial charge in [-0.2, -0.15) is 0 Å². The summed E-state index contributed by atoms with van der Waals surface area (Å²) in [7, 11) is 1.58. The molecule has 19 heavy (non-hydrogen) atoms. The van der Waals surface area contributed by atoms with E-state index in [2.05, 4.69) is 48.5 Å². The Labute approximate surface area is 131 Å². The summed E-state index contributed by atoms with van der Waals surface area (Å²) in [5.41, 5.74) is 7.09. The minimum absolute atomic E-state index is 0.328. The fourth-order valence-electron chi connectivity index (χ4n) is 1.56. The van der Waals surface area contributed by atoms with Gasteiger partial charge < -0.3 is 10.5 Å². The minimum Gasteiger partial charge on any atom is -0.383 e. The molecule has 0 saturated heterocycles.